The van der Waals surface area contributed by atoms with Gasteiger partial charge in [-0.3, -0.25) is 9.59 Å². The van der Waals surface area contributed by atoms with Crippen LogP contribution in [0.2, 0.25) is 0 Å². The fourth-order valence-electron chi connectivity index (χ4n) is 3.07. The van der Waals surface area contributed by atoms with Crippen LogP contribution in [0.25, 0.3) is 21.2 Å². The minimum absolute atomic E-state index is 0.0645. The van der Waals surface area contributed by atoms with Gasteiger partial charge in [-0.2, -0.15) is 0 Å². The van der Waals surface area contributed by atoms with Crippen LogP contribution < -0.4 is 5.32 Å². The van der Waals surface area contributed by atoms with Crippen molar-refractivity contribution in [3.63, 3.8) is 0 Å². The van der Waals surface area contributed by atoms with Gasteiger partial charge < -0.3 is 14.5 Å². The van der Waals surface area contributed by atoms with Gasteiger partial charge in [0.2, 0.25) is 0 Å². The summed E-state index contributed by atoms with van der Waals surface area (Å²) in [6.45, 7) is 2.13. The molecule has 0 aliphatic rings. The molecule has 2 heterocycles. The Hall–Kier alpha value is -3.19. The van der Waals surface area contributed by atoms with Crippen molar-refractivity contribution in [3.8, 4) is 0 Å². The van der Waals surface area contributed by atoms with E-state index in [0.29, 0.717) is 13.0 Å². The van der Waals surface area contributed by atoms with Crippen LogP contribution in [0.4, 0.5) is 0 Å². The van der Waals surface area contributed by atoms with E-state index in [1.165, 1.54) is 0 Å². The molecule has 0 aliphatic carbocycles. The van der Waals surface area contributed by atoms with E-state index in [0.717, 1.165) is 37.3 Å². The molecule has 0 aliphatic heterocycles. The van der Waals surface area contributed by atoms with Gasteiger partial charge in [0, 0.05) is 23.9 Å². The lowest BCUT2D eigenvalue weighted by Crippen LogP contribution is -2.30. The molecule has 0 unspecified atom stereocenters. The summed E-state index contributed by atoms with van der Waals surface area (Å²) in [5.41, 5.74) is 3.54. The highest BCUT2D eigenvalue weighted by Gasteiger charge is 2.13. The number of nitrogens with zero attached hydrogens (tertiary/aromatic N) is 1. The molecule has 1 amide bonds. The summed E-state index contributed by atoms with van der Waals surface area (Å²) in [7, 11) is 0. The fourth-order valence-corrected chi connectivity index (χ4v) is 4.03. The highest BCUT2D eigenvalue weighted by molar-refractivity contribution is 7.18. The molecule has 0 radical (unpaired) electrons. The molecule has 0 spiro atoms. The maximum absolute atomic E-state index is 12.1. The molecular weight excluding hydrogens is 388 g/mol. The maximum Gasteiger partial charge on any atom is 0.310 e. The summed E-state index contributed by atoms with van der Waals surface area (Å²) in [5, 5.41) is 4.60. The number of benzene rings is 2. The minimum Gasteiger partial charge on any atom is -0.464 e. The molecule has 6 nitrogen and oxygen atoms in total. The number of carbonyl (C=O) groups is 2. The van der Waals surface area contributed by atoms with Crippen LogP contribution >= 0.6 is 11.3 Å². The van der Waals surface area contributed by atoms with Gasteiger partial charge in [0.25, 0.3) is 5.91 Å². The van der Waals surface area contributed by atoms with Crippen molar-refractivity contribution in [1.29, 1.82) is 0 Å². The van der Waals surface area contributed by atoms with Gasteiger partial charge in [0.05, 0.1) is 27.9 Å². The molecule has 2 aromatic carbocycles. The molecule has 0 atom stereocenters. The summed E-state index contributed by atoms with van der Waals surface area (Å²) in [4.78, 5) is 28.5. The summed E-state index contributed by atoms with van der Waals surface area (Å²) in [6.07, 6.45) is 2.26. The van der Waals surface area contributed by atoms with Gasteiger partial charge in [-0.05, 0) is 30.7 Å². The number of aromatic nitrogens is 1. The van der Waals surface area contributed by atoms with Gasteiger partial charge >= 0.3 is 5.97 Å². The molecule has 0 saturated carbocycles. The third-order valence-electron chi connectivity index (χ3n) is 4.51. The van der Waals surface area contributed by atoms with Crippen molar-refractivity contribution >= 4 is 44.4 Å². The van der Waals surface area contributed by atoms with Crippen molar-refractivity contribution in [2.24, 2.45) is 0 Å². The molecule has 4 aromatic rings. The quantitative estimate of drug-likeness (QED) is 0.471. The van der Waals surface area contributed by atoms with Crippen molar-refractivity contribution in [1.82, 2.24) is 10.3 Å². The third kappa shape index (κ3) is 4.63. The first-order chi connectivity index (χ1) is 14.1. The van der Waals surface area contributed by atoms with E-state index in [1.807, 2.05) is 49.4 Å². The van der Waals surface area contributed by atoms with Gasteiger partial charge in [-0.1, -0.05) is 24.3 Å². The molecule has 0 saturated heterocycles. The van der Waals surface area contributed by atoms with Crippen molar-refractivity contribution in [3.05, 3.63) is 64.9 Å². The molecular formula is C22H20N2O4S. The Bertz CT molecular complexity index is 1140. The summed E-state index contributed by atoms with van der Waals surface area (Å²) in [6, 6.07) is 13.7. The van der Waals surface area contributed by atoms with Crippen LogP contribution in [0.3, 0.4) is 0 Å². The van der Waals surface area contributed by atoms with E-state index in [-0.39, 0.29) is 18.9 Å². The largest absolute Gasteiger partial charge is 0.464 e. The number of esters is 1. The number of amides is 1. The first-order valence-electron chi connectivity index (χ1n) is 9.32. The van der Waals surface area contributed by atoms with Crippen LogP contribution in [0.5, 0.6) is 0 Å². The van der Waals surface area contributed by atoms with Gasteiger partial charge in [0.1, 0.15) is 5.58 Å². The standard InChI is InChI=1S/C22H20N2O4S/c1-14-6-7-16-15(12-27-18(16)10-14)11-22(26)28-13-20(25)23-9-8-21-24-17-4-2-3-5-19(17)29-21/h2-7,10,12H,8-9,11,13H2,1H3,(H,23,25). The van der Waals surface area contributed by atoms with Crippen molar-refractivity contribution in [2.45, 2.75) is 19.8 Å². The maximum atomic E-state index is 12.1. The van der Waals surface area contributed by atoms with Gasteiger partial charge in [-0.25, -0.2) is 4.98 Å². The van der Waals surface area contributed by atoms with Crippen molar-refractivity contribution in [2.75, 3.05) is 13.2 Å². The number of fused-ring (bicyclic) bond motifs is 2. The van der Waals surface area contributed by atoms with Crippen LogP contribution in [0.15, 0.2) is 53.1 Å². The Morgan fingerprint density at radius 2 is 2.07 bits per heavy atom. The lowest BCUT2D eigenvalue weighted by molar-refractivity contribution is -0.147. The number of carbonyl (C=O) groups excluding carboxylic acids is 2. The third-order valence-corrected chi connectivity index (χ3v) is 5.61. The smallest absolute Gasteiger partial charge is 0.310 e. The SMILES string of the molecule is Cc1ccc2c(CC(=O)OCC(=O)NCCc3nc4ccccc4s3)coc2c1. The Kier molecular flexibility index (Phi) is 5.57. The molecule has 29 heavy (non-hydrogen) atoms. The zero-order valence-electron chi connectivity index (χ0n) is 15.9. The summed E-state index contributed by atoms with van der Waals surface area (Å²) < 4.78 is 11.7. The zero-order valence-corrected chi connectivity index (χ0v) is 16.8. The molecule has 1 N–H and O–H groups in total. The Labute approximate surface area is 171 Å². The van der Waals surface area contributed by atoms with E-state index >= 15 is 0 Å². The molecule has 0 fully saturated rings. The molecule has 4 rings (SSSR count). The normalized spacial score (nSPS) is 11.1. The first kappa shape index (κ1) is 19.1. The number of thiazole rings is 1. The first-order valence-corrected chi connectivity index (χ1v) is 10.1. The molecule has 7 heteroatoms. The van der Waals surface area contributed by atoms with E-state index in [4.69, 9.17) is 9.15 Å². The van der Waals surface area contributed by atoms with Crippen LogP contribution in [0, 0.1) is 6.92 Å². The van der Waals surface area contributed by atoms with Gasteiger partial charge in [-0.15, -0.1) is 11.3 Å². The van der Waals surface area contributed by atoms with E-state index in [2.05, 4.69) is 10.3 Å². The second-order valence-electron chi connectivity index (χ2n) is 6.77. The van der Waals surface area contributed by atoms with Crippen LogP contribution in [0.1, 0.15) is 16.1 Å². The number of para-hydroxylation sites is 1. The molecule has 2 aromatic heterocycles. The van der Waals surface area contributed by atoms with E-state index in [1.54, 1.807) is 17.6 Å². The highest BCUT2D eigenvalue weighted by atomic mass is 32.1. The predicted molar refractivity (Wildman–Crippen MR) is 112 cm³/mol. The lowest BCUT2D eigenvalue weighted by atomic mass is 10.1. The number of ether oxygens (including phenoxy) is 1. The number of hydrogen-bond acceptors (Lipinski definition) is 6. The Morgan fingerprint density at radius 3 is 2.93 bits per heavy atom. The van der Waals surface area contributed by atoms with Crippen LogP contribution in [-0.4, -0.2) is 30.0 Å². The second-order valence-corrected chi connectivity index (χ2v) is 7.89. The van der Waals surface area contributed by atoms with E-state index < -0.39 is 5.97 Å². The number of nitrogens with one attached hydrogen (secondary N) is 1. The average molecular weight is 408 g/mol. The van der Waals surface area contributed by atoms with Crippen molar-refractivity contribution < 1.29 is 18.7 Å². The number of rotatable bonds is 7. The highest BCUT2D eigenvalue weighted by Crippen LogP contribution is 2.23. The predicted octanol–water partition coefficient (Wildman–Crippen LogP) is 3.80. The Balaban J connectivity index is 1.22. The number of aryl methyl sites for hydroxylation is 1. The topological polar surface area (TPSA) is 81.4 Å². The zero-order chi connectivity index (χ0) is 20.2. The molecule has 0 bridgehead atoms. The Morgan fingerprint density at radius 1 is 1.21 bits per heavy atom. The summed E-state index contributed by atoms with van der Waals surface area (Å²) >= 11 is 1.61. The summed E-state index contributed by atoms with van der Waals surface area (Å²) in [5.74, 6) is -0.790. The second kappa shape index (κ2) is 8.45. The fraction of sp³-hybridized carbons (Fsp3) is 0.227. The molecule has 148 valence electrons. The van der Waals surface area contributed by atoms with E-state index in [9.17, 15) is 9.59 Å². The number of furan rings is 1. The number of hydrogen-bond donors (Lipinski definition) is 1. The van der Waals surface area contributed by atoms with Gasteiger partial charge in [0.15, 0.2) is 6.61 Å². The monoisotopic (exact) mass is 408 g/mol. The lowest BCUT2D eigenvalue weighted by Gasteiger charge is -2.05. The average Bonchev–Trinajstić information content (AvgIpc) is 3.29. The minimum atomic E-state index is -0.463. The van der Waals surface area contributed by atoms with Crippen LogP contribution in [-0.2, 0) is 27.2 Å².